The summed E-state index contributed by atoms with van der Waals surface area (Å²) in [5, 5.41) is 6.42. The summed E-state index contributed by atoms with van der Waals surface area (Å²) in [4.78, 5) is 14.6. The first-order chi connectivity index (χ1) is 9.85. The number of rotatable bonds is 7. The summed E-state index contributed by atoms with van der Waals surface area (Å²) < 4.78 is 0. The van der Waals surface area contributed by atoms with Crippen molar-refractivity contribution >= 4 is 11.6 Å². The average Bonchev–Trinajstić information content (AvgIpc) is 2.37. The molecule has 0 aliphatic rings. The molecule has 0 aliphatic heterocycles. The van der Waals surface area contributed by atoms with Gasteiger partial charge in [-0.25, -0.2) is 0 Å². The molecule has 0 saturated heterocycles. The number of benzene rings is 1. The summed E-state index contributed by atoms with van der Waals surface area (Å²) >= 11 is 0. The van der Waals surface area contributed by atoms with Gasteiger partial charge in [0.1, 0.15) is 0 Å². The Morgan fingerprint density at radius 3 is 2.43 bits per heavy atom. The first-order valence-electron chi connectivity index (χ1n) is 7.65. The maximum atomic E-state index is 12.5. The van der Waals surface area contributed by atoms with Crippen LogP contribution in [-0.4, -0.2) is 44.0 Å². The number of hydrogen-bond donors (Lipinski definition) is 2. The quantitative estimate of drug-likeness (QED) is 0.812. The van der Waals surface area contributed by atoms with Gasteiger partial charge in [0.25, 0.3) is 5.91 Å². The van der Waals surface area contributed by atoms with E-state index in [2.05, 4.69) is 36.3 Å². The van der Waals surface area contributed by atoms with Crippen molar-refractivity contribution in [3.05, 3.63) is 29.3 Å². The van der Waals surface area contributed by atoms with Crippen LogP contribution in [0.4, 0.5) is 5.69 Å². The Kier molecular flexibility index (Phi) is 6.69. The Bertz CT molecular complexity index is 469. The Labute approximate surface area is 128 Å². The molecule has 0 aliphatic carbocycles. The van der Waals surface area contributed by atoms with E-state index in [4.69, 9.17) is 0 Å². The molecule has 1 aromatic carbocycles. The minimum absolute atomic E-state index is 0.0103. The fourth-order valence-electron chi connectivity index (χ4n) is 2.30. The van der Waals surface area contributed by atoms with Gasteiger partial charge in [-0.2, -0.15) is 0 Å². The molecule has 1 atom stereocenters. The molecule has 1 amide bonds. The topological polar surface area (TPSA) is 44.4 Å². The Hall–Kier alpha value is -1.55. The molecule has 4 nitrogen and oxygen atoms in total. The van der Waals surface area contributed by atoms with Gasteiger partial charge in [0, 0.05) is 30.4 Å². The van der Waals surface area contributed by atoms with Gasteiger partial charge in [-0.1, -0.05) is 13.8 Å². The van der Waals surface area contributed by atoms with Crippen molar-refractivity contribution in [2.75, 3.05) is 32.5 Å². The highest BCUT2D eigenvalue weighted by molar-refractivity contribution is 5.96. The summed E-state index contributed by atoms with van der Waals surface area (Å²) in [7, 11) is 4.05. The highest BCUT2D eigenvalue weighted by atomic mass is 16.1. The molecule has 0 radical (unpaired) electrons. The van der Waals surface area contributed by atoms with E-state index in [-0.39, 0.29) is 11.9 Å². The molecule has 1 rings (SSSR count). The number of carbonyl (C=O) groups excluding carboxylic acids is 1. The number of nitrogens with zero attached hydrogens (tertiary/aromatic N) is 1. The number of hydrogen-bond acceptors (Lipinski definition) is 3. The molecule has 0 heterocycles. The smallest absolute Gasteiger partial charge is 0.251 e. The van der Waals surface area contributed by atoms with Crippen LogP contribution in [0.5, 0.6) is 0 Å². The Morgan fingerprint density at radius 1 is 1.29 bits per heavy atom. The molecule has 0 spiro atoms. The largest absolute Gasteiger partial charge is 0.385 e. The maximum Gasteiger partial charge on any atom is 0.251 e. The van der Waals surface area contributed by atoms with E-state index in [9.17, 15) is 4.79 Å². The number of anilines is 1. The van der Waals surface area contributed by atoms with E-state index in [0.717, 1.165) is 29.9 Å². The van der Waals surface area contributed by atoms with Crippen LogP contribution in [0.3, 0.4) is 0 Å². The molecule has 1 aromatic rings. The average molecular weight is 291 g/mol. The second-order valence-electron chi connectivity index (χ2n) is 6.15. The zero-order valence-corrected chi connectivity index (χ0v) is 14.2. The lowest BCUT2D eigenvalue weighted by atomic mass is 10.0. The predicted octanol–water partition coefficient (Wildman–Crippen LogP) is 2.74. The SMILES string of the molecule is CCNc1ccc(C(=O)NC(CN(C)C)C(C)C)c(C)c1. The van der Waals surface area contributed by atoms with Gasteiger partial charge in [-0.3, -0.25) is 4.79 Å². The summed E-state index contributed by atoms with van der Waals surface area (Å²) in [5.41, 5.74) is 2.81. The first-order valence-corrected chi connectivity index (χ1v) is 7.65. The monoisotopic (exact) mass is 291 g/mol. The van der Waals surface area contributed by atoms with Gasteiger partial charge < -0.3 is 15.5 Å². The molecule has 0 saturated carbocycles. The third kappa shape index (κ3) is 5.38. The van der Waals surface area contributed by atoms with Gasteiger partial charge in [0.05, 0.1) is 0 Å². The van der Waals surface area contributed by atoms with E-state index in [0.29, 0.717) is 5.92 Å². The van der Waals surface area contributed by atoms with Gasteiger partial charge in [0.15, 0.2) is 0 Å². The second-order valence-corrected chi connectivity index (χ2v) is 6.15. The van der Waals surface area contributed by atoms with Crippen molar-refractivity contribution in [1.29, 1.82) is 0 Å². The highest BCUT2D eigenvalue weighted by Crippen LogP contribution is 2.16. The van der Waals surface area contributed by atoms with Crippen LogP contribution >= 0.6 is 0 Å². The van der Waals surface area contributed by atoms with Crippen molar-refractivity contribution in [2.45, 2.75) is 33.7 Å². The molecular weight excluding hydrogens is 262 g/mol. The lowest BCUT2D eigenvalue weighted by Crippen LogP contribution is -2.45. The lowest BCUT2D eigenvalue weighted by molar-refractivity contribution is 0.0916. The minimum Gasteiger partial charge on any atom is -0.385 e. The molecule has 2 N–H and O–H groups in total. The summed E-state index contributed by atoms with van der Waals surface area (Å²) in [5.74, 6) is 0.411. The van der Waals surface area contributed by atoms with E-state index in [1.165, 1.54) is 0 Å². The molecule has 118 valence electrons. The van der Waals surface area contributed by atoms with Gasteiger partial charge >= 0.3 is 0 Å². The van der Waals surface area contributed by atoms with Crippen LogP contribution < -0.4 is 10.6 Å². The van der Waals surface area contributed by atoms with Crippen LogP contribution in [0.25, 0.3) is 0 Å². The third-order valence-electron chi connectivity index (χ3n) is 3.54. The minimum atomic E-state index is 0.0103. The zero-order chi connectivity index (χ0) is 16.0. The van der Waals surface area contributed by atoms with Crippen molar-refractivity contribution in [2.24, 2.45) is 5.92 Å². The summed E-state index contributed by atoms with van der Waals surface area (Å²) in [6.45, 7) is 10.0. The zero-order valence-electron chi connectivity index (χ0n) is 14.2. The molecule has 0 aromatic heterocycles. The molecule has 4 heteroatoms. The number of likely N-dealkylation sites (N-methyl/N-ethyl adjacent to an activating group) is 1. The molecule has 1 unspecified atom stereocenters. The van der Waals surface area contributed by atoms with Gasteiger partial charge in [-0.15, -0.1) is 0 Å². The summed E-state index contributed by atoms with van der Waals surface area (Å²) in [6.07, 6.45) is 0. The number of nitrogens with one attached hydrogen (secondary N) is 2. The van der Waals surface area contributed by atoms with Gasteiger partial charge in [0.2, 0.25) is 0 Å². The van der Waals surface area contributed by atoms with Crippen LogP contribution in [0.15, 0.2) is 18.2 Å². The molecule has 0 bridgehead atoms. The Morgan fingerprint density at radius 2 is 1.95 bits per heavy atom. The molecule has 0 fully saturated rings. The summed E-state index contributed by atoms with van der Waals surface area (Å²) in [6, 6.07) is 6.03. The van der Waals surface area contributed by atoms with Gasteiger partial charge in [-0.05, 0) is 57.6 Å². The van der Waals surface area contributed by atoms with E-state index >= 15 is 0 Å². The van der Waals surface area contributed by atoms with Crippen LogP contribution in [0.1, 0.15) is 36.7 Å². The maximum absolute atomic E-state index is 12.5. The lowest BCUT2D eigenvalue weighted by Gasteiger charge is -2.26. The molecule has 21 heavy (non-hydrogen) atoms. The van der Waals surface area contributed by atoms with E-state index < -0.39 is 0 Å². The van der Waals surface area contributed by atoms with E-state index in [1.807, 2.05) is 39.2 Å². The fraction of sp³-hybridized carbons (Fsp3) is 0.588. The van der Waals surface area contributed by atoms with Crippen molar-refractivity contribution < 1.29 is 4.79 Å². The first kappa shape index (κ1) is 17.5. The number of aryl methyl sites for hydroxylation is 1. The normalized spacial score (nSPS) is 12.6. The molecular formula is C17H29N3O. The van der Waals surface area contributed by atoms with Crippen LogP contribution in [0.2, 0.25) is 0 Å². The fourth-order valence-corrected chi connectivity index (χ4v) is 2.30. The highest BCUT2D eigenvalue weighted by Gasteiger charge is 2.19. The van der Waals surface area contributed by atoms with Crippen molar-refractivity contribution in [3.8, 4) is 0 Å². The van der Waals surface area contributed by atoms with Crippen molar-refractivity contribution in [1.82, 2.24) is 10.2 Å². The van der Waals surface area contributed by atoms with E-state index in [1.54, 1.807) is 0 Å². The number of carbonyl (C=O) groups is 1. The second kappa shape index (κ2) is 8.03. The Balaban J connectivity index is 2.82. The van der Waals surface area contributed by atoms with Crippen LogP contribution in [0, 0.1) is 12.8 Å². The third-order valence-corrected chi connectivity index (χ3v) is 3.54. The number of amides is 1. The predicted molar refractivity (Wildman–Crippen MR) is 90.0 cm³/mol. The van der Waals surface area contributed by atoms with Crippen LogP contribution in [-0.2, 0) is 0 Å². The standard InChI is InChI=1S/C17H29N3O/c1-7-18-14-8-9-15(13(4)10-14)17(21)19-16(12(2)3)11-20(5)6/h8-10,12,16,18H,7,11H2,1-6H3,(H,19,21). The van der Waals surface area contributed by atoms with Crippen molar-refractivity contribution in [3.63, 3.8) is 0 Å².